The van der Waals surface area contributed by atoms with Crippen molar-refractivity contribution in [3.63, 3.8) is 0 Å². The fraction of sp³-hybridized carbons (Fsp3) is 0.750. The van der Waals surface area contributed by atoms with E-state index in [0.717, 1.165) is 25.7 Å². The molecule has 3 N–H and O–H groups in total. The predicted molar refractivity (Wildman–Crippen MR) is 73.3 cm³/mol. The number of aromatic nitrogens is 2. The van der Waals surface area contributed by atoms with Crippen LogP contribution < -0.4 is 5.73 Å². The molecule has 7 heteroatoms. The molecule has 0 aliphatic heterocycles. The first-order valence-corrected chi connectivity index (χ1v) is 8.16. The van der Waals surface area contributed by atoms with Gasteiger partial charge in [0.1, 0.15) is 4.90 Å². The van der Waals surface area contributed by atoms with E-state index >= 15 is 0 Å². The maximum Gasteiger partial charge on any atom is 0.247 e. The molecule has 0 radical (unpaired) electrons. The van der Waals surface area contributed by atoms with Crippen LogP contribution in [0.3, 0.4) is 0 Å². The molecule has 1 aromatic rings. The minimum Gasteiger partial charge on any atom is -0.329 e. The number of aryl methyl sites for hydroxylation is 2. The zero-order valence-electron chi connectivity index (χ0n) is 11.5. The van der Waals surface area contributed by atoms with E-state index in [2.05, 4.69) is 10.2 Å². The van der Waals surface area contributed by atoms with Crippen molar-refractivity contribution in [3.05, 3.63) is 11.4 Å². The van der Waals surface area contributed by atoms with E-state index in [-0.39, 0.29) is 6.04 Å². The van der Waals surface area contributed by atoms with Gasteiger partial charge >= 0.3 is 0 Å². The van der Waals surface area contributed by atoms with E-state index in [1.54, 1.807) is 18.2 Å². The second-order valence-corrected chi connectivity index (χ2v) is 6.93. The van der Waals surface area contributed by atoms with E-state index in [1.165, 1.54) is 0 Å². The summed E-state index contributed by atoms with van der Waals surface area (Å²) in [5, 5.41) is 6.73. The van der Waals surface area contributed by atoms with Gasteiger partial charge in [0.15, 0.2) is 0 Å². The van der Waals surface area contributed by atoms with Crippen molar-refractivity contribution in [1.29, 1.82) is 0 Å². The second-order valence-electron chi connectivity index (χ2n) is 5.11. The van der Waals surface area contributed by atoms with Crippen molar-refractivity contribution in [1.82, 2.24) is 14.5 Å². The number of rotatable bonds is 5. The van der Waals surface area contributed by atoms with Gasteiger partial charge in [0.05, 0.1) is 11.4 Å². The van der Waals surface area contributed by atoms with Crippen molar-refractivity contribution < 1.29 is 8.42 Å². The Morgan fingerprint density at radius 2 is 2.00 bits per heavy atom. The van der Waals surface area contributed by atoms with Crippen LogP contribution in [0.5, 0.6) is 0 Å². The molecule has 2 rings (SSSR count). The summed E-state index contributed by atoms with van der Waals surface area (Å²) in [4.78, 5) is 0.313. The molecule has 19 heavy (non-hydrogen) atoms. The maximum atomic E-state index is 12.8. The average molecular weight is 286 g/mol. The molecule has 0 unspecified atom stereocenters. The van der Waals surface area contributed by atoms with Gasteiger partial charge in [-0.3, -0.25) is 5.10 Å². The van der Waals surface area contributed by atoms with Gasteiger partial charge in [-0.15, -0.1) is 0 Å². The fourth-order valence-electron chi connectivity index (χ4n) is 2.86. The van der Waals surface area contributed by atoms with Gasteiger partial charge in [0.2, 0.25) is 10.0 Å². The lowest BCUT2D eigenvalue weighted by Gasteiger charge is -2.27. The Hall–Kier alpha value is -0.920. The Morgan fingerprint density at radius 1 is 1.37 bits per heavy atom. The van der Waals surface area contributed by atoms with Crippen molar-refractivity contribution in [2.45, 2.75) is 50.5 Å². The number of nitrogens with one attached hydrogen (secondary N) is 1. The number of sulfonamides is 1. The molecule has 0 aromatic carbocycles. The molecular weight excluding hydrogens is 264 g/mol. The van der Waals surface area contributed by atoms with Crippen LogP contribution >= 0.6 is 0 Å². The quantitative estimate of drug-likeness (QED) is 0.842. The molecule has 1 aromatic heterocycles. The average Bonchev–Trinajstić information content (AvgIpc) is 2.96. The number of hydrogen-bond acceptors (Lipinski definition) is 4. The van der Waals surface area contributed by atoms with Crippen LogP contribution in [0.2, 0.25) is 0 Å². The van der Waals surface area contributed by atoms with Crippen LogP contribution in [0.15, 0.2) is 4.90 Å². The molecule has 1 fully saturated rings. The summed E-state index contributed by atoms with van der Waals surface area (Å²) >= 11 is 0. The number of nitrogens with two attached hydrogens (primary N) is 1. The molecular formula is C12H22N4O2S. The van der Waals surface area contributed by atoms with Crippen LogP contribution in [-0.4, -0.2) is 42.1 Å². The highest BCUT2D eigenvalue weighted by molar-refractivity contribution is 7.89. The Morgan fingerprint density at radius 3 is 2.47 bits per heavy atom. The molecule has 0 bridgehead atoms. The molecule has 1 saturated carbocycles. The SMILES string of the molecule is Cc1n[nH]c(C)c1S(=O)(=O)N(CCN)C1CCCC1. The number of hydrogen-bond donors (Lipinski definition) is 2. The summed E-state index contributed by atoms with van der Waals surface area (Å²) in [6, 6.07) is 0.0854. The smallest absolute Gasteiger partial charge is 0.247 e. The normalized spacial score (nSPS) is 17.5. The standard InChI is InChI=1S/C12H22N4O2S/c1-9-12(10(2)15-14-9)19(17,18)16(8-7-13)11-5-3-4-6-11/h11H,3-8,13H2,1-2H3,(H,14,15). The zero-order chi connectivity index (χ0) is 14.0. The minimum absolute atomic E-state index is 0.0854. The maximum absolute atomic E-state index is 12.8. The van der Waals surface area contributed by atoms with Crippen molar-refractivity contribution >= 4 is 10.0 Å². The third-order valence-corrected chi connectivity index (χ3v) is 5.92. The van der Waals surface area contributed by atoms with Gasteiger partial charge in [-0.05, 0) is 26.7 Å². The van der Waals surface area contributed by atoms with Gasteiger partial charge in [0.25, 0.3) is 0 Å². The molecule has 0 saturated heterocycles. The van der Waals surface area contributed by atoms with Gasteiger partial charge in [0, 0.05) is 19.1 Å². The largest absolute Gasteiger partial charge is 0.329 e. The first kappa shape index (κ1) is 14.5. The molecule has 6 nitrogen and oxygen atoms in total. The summed E-state index contributed by atoms with van der Waals surface area (Å²) in [7, 11) is -3.51. The Labute approximate surface area is 114 Å². The summed E-state index contributed by atoms with van der Waals surface area (Å²) in [5.74, 6) is 0. The van der Waals surface area contributed by atoms with Gasteiger partial charge in [-0.2, -0.15) is 9.40 Å². The van der Waals surface area contributed by atoms with Gasteiger partial charge in [-0.1, -0.05) is 12.8 Å². The van der Waals surface area contributed by atoms with Crippen molar-refractivity contribution in [2.24, 2.45) is 5.73 Å². The highest BCUT2D eigenvalue weighted by atomic mass is 32.2. The first-order chi connectivity index (χ1) is 8.98. The first-order valence-electron chi connectivity index (χ1n) is 6.72. The lowest BCUT2D eigenvalue weighted by atomic mass is 10.2. The third kappa shape index (κ3) is 2.68. The topological polar surface area (TPSA) is 92.1 Å². The highest BCUT2D eigenvalue weighted by Crippen LogP contribution is 2.30. The molecule has 0 spiro atoms. The summed E-state index contributed by atoms with van der Waals surface area (Å²) < 4.78 is 27.2. The lowest BCUT2D eigenvalue weighted by Crippen LogP contribution is -2.42. The Balaban J connectivity index is 2.39. The van der Waals surface area contributed by atoms with Crippen LogP contribution in [0, 0.1) is 13.8 Å². The van der Waals surface area contributed by atoms with E-state index < -0.39 is 10.0 Å². The summed E-state index contributed by atoms with van der Waals surface area (Å²) in [6.45, 7) is 4.16. The summed E-state index contributed by atoms with van der Waals surface area (Å²) in [5.41, 5.74) is 6.71. The highest BCUT2D eigenvalue weighted by Gasteiger charge is 2.35. The van der Waals surface area contributed by atoms with E-state index in [4.69, 9.17) is 5.73 Å². The molecule has 1 heterocycles. The van der Waals surface area contributed by atoms with Crippen LogP contribution in [0.25, 0.3) is 0 Å². The summed E-state index contributed by atoms with van der Waals surface area (Å²) in [6.07, 6.45) is 4.03. The van der Waals surface area contributed by atoms with E-state index in [1.807, 2.05) is 0 Å². The van der Waals surface area contributed by atoms with E-state index in [0.29, 0.717) is 29.4 Å². The number of nitrogens with zero attached hydrogens (tertiary/aromatic N) is 2. The third-order valence-electron chi connectivity index (χ3n) is 3.71. The van der Waals surface area contributed by atoms with Gasteiger partial charge < -0.3 is 5.73 Å². The van der Waals surface area contributed by atoms with Crippen molar-refractivity contribution in [3.8, 4) is 0 Å². The minimum atomic E-state index is -3.51. The fourth-order valence-corrected chi connectivity index (χ4v) is 4.89. The second kappa shape index (κ2) is 5.60. The molecule has 1 aliphatic rings. The lowest BCUT2D eigenvalue weighted by molar-refractivity contribution is 0.328. The molecule has 0 amide bonds. The molecule has 1 aliphatic carbocycles. The van der Waals surface area contributed by atoms with Crippen molar-refractivity contribution in [2.75, 3.05) is 13.1 Å². The van der Waals surface area contributed by atoms with Gasteiger partial charge in [-0.25, -0.2) is 8.42 Å². The Kier molecular flexibility index (Phi) is 4.27. The molecule has 108 valence electrons. The van der Waals surface area contributed by atoms with E-state index in [9.17, 15) is 8.42 Å². The number of aromatic amines is 1. The number of H-pyrrole nitrogens is 1. The predicted octanol–water partition coefficient (Wildman–Crippen LogP) is 0.919. The monoisotopic (exact) mass is 286 g/mol. The van der Waals surface area contributed by atoms with Crippen LogP contribution in [0.4, 0.5) is 0 Å². The molecule has 0 atom stereocenters. The van der Waals surface area contributed by atoms with Crippen LogP contribution in [-0.2, 0) is 10.0 Å². The zero-order valence-corrected chi connectivity index (χ0v) is 12.3. The Bertz CT molecular complexity index is 512. The van der Waals surface area contributed by atoms with Crippen LogP contribution in [0.1, 0.15) is 37.1 Å².